The molecule has 5 heteroatoms. The first-order chi connectivity index (χ1) is 10.9. The second-order valence-corrected chi connectivity index (χ2v) is 6.62. The van der Waals surface area contributed by atoms with Crippen LogP contribution in [0.25, 0.3) is 22.7 Å². The first kappa shape index (κ1) is 13.5. The van der Waals surface area contributed by atoms with E-state index in [0.717, 1.165) is 27.8 Å². The summed E-state index contributed by atoms with van der Waals surface area (Å²) in [7, 11) is 0. The van der Waals surface area contributed by atoms with Crippen LogP contribution in [-0.4, -0.2) is 18.2 Å². The molecule has 3 nitrogen and oxygen atoms in total. The Bertz CT molecular complexity index is 806. The fourth-order valence-electron chi connectivity index (χ4n) is 2.23. The molecule has 0 bridgehead atoms. The maximum Gasteiger partial charge on any atom is 0.161 e. The molecule has 0 unspecified atom stereocenters. The SMILES string of the molecule is C(=C\c1nc(-c2cccs2)cs1)/c1ccc2c(c1)OCCO2. The Morgan fingerprint density at radius 1 is 1.00 bits per heavy atom. The average molecular weight is 327 g/mol. The van der Waals surface area contributed by atoms with Crippen molar-refractivity contribution in [2.45, 2.75) is 0 Å². The number of fused-ring (bicyclic) bond motifs is 1. The maximum atomic E-state index is 5.60. The lowest BCUT2D eigenvalue weighted by atomic mass is 10.2. The quantitative estimate of drug-likeness (QED) is 0.691. The number of thiazole rings is 1. The minimum absolute atomic E-state index is 0.608. The zero-order valence-corrected chi connectivity index (χ0v) is 13.3. The monoisotopic (exact) mass is 327 g/mol. The van der Waals surface area contributed by atoms with Gasteiger partial charge in [-0.05, 0) is 35.2 Å². The summed E-state index contributed by atoms with van der Waals surface area (Å²) in [5, 5.41) is 5.16. The minimum Gasteiger partial charge on any atom is -0.486 e. The molecule has 0 amide bonds. The Morgan fingerprint density at radius 3 is 2.77 bits per heavy atom. The number of hydrogen-bond acceptors (Lipinski definition) is 5. The van der Waals surface area contributed by atoms with Gasteiger partial charge in [0.1, 0.15) is 18.2 Å². The van der Waals surface area contributed by atoms with Crippen LogP contribution in [0.2, 0.25) is 0 Å². The molecule has 1 aromatic carbocycles. The molecule has 0 saturated carbocycles. The van der Waals surface area contributed by atoms with E-state index in [0.29, 0.717) is 13.2 Å². The second-order valence-electron chi connectivity index (χ2n) is 4.78. The van der Waals surface area contributed by atoms with Crippen LogP contribution in [0.1, 0.15) is 10.6 Å². The lowest BCUT2D eigenvalue weighted by molar-refractivity contribution is 0.171. The van der Waals surface area contributed by atoms with E-state index in [1.807, 2.05) is 30.3 Å². The smallest absolute Gasteiger partial charge is 0.161 e. The molecule has 0 radical (unpaired) electrons. The van der Waals surface area contributed by atoms with Crippen molar-refractivity contribution in [3.05, 3.63) is 51.7 Å². The summed E-state index contributed by atoms with van der Waals surface area (Å²) in [6.45, 7) is 1.23. The van der Waals surface area contributed by atoms with Gasteiger partial charge in [-0.25, -0.2) is 4.98 Å². The van der Waals surface area contributed by atoms with E-state index in [1.165, 1.54) is 4.88 Å². The molecule has 3 heterocycles. The van der Waals surface area contributed by atoms with Crippen molar-refractivity contribution >= 4 is 34.8 Å². The largest absolute Gasteiger partial charge is 0.486 e. The van der Waals surface area contributed by atoms with Crippen LogP contribution >= 0.6 is 22.7 Å². The van der Waals surface area contributed by atoms with Crippen LogP contribution in [0.3, 0.4) is 0 Å². The van der Waals surface area contributed by atoms with E-state index in [-0.39, 0.29) is 0 Å². The molecule has 4 rings (SSSR count). The van der Waals surface area contributed by atoms with Gasteiger partial charge in [-0.1, -0.05) is 18.2 Å². The van der Waals surface area contributed by atoms with E-state index in [9.17, 15) is 0 Å². The molecular weight excluding hydrogens is 314 g/mol. The van der Waals surface area contributed by atoms with Gasteiger partial charge in [0.15, 0.2) is 11.5 Å². The number of rotatable bonds is 3. The van der Waals surface area contributed by atoms with Crippen LogP contribution < -0.4 is 9.47 Å². The van der Waals surface area contributed by atoms with Crippen LogP contribution in [0.5, 0.6) is 11.5 Å². The molecule has 0 fully saturated rings. The van der Waals surface area contributed by atoms with Gasteiger partial charge in [0.25, 0.3) is 0 Å². The van der Waals surface area contributed by atoms with Crippen LogP contribution in [0.4, 0.5) is 0 Å². The molecule has 1 aliphatic heterocycles. The Morgan fingerprint density at radius 2 is 1.91 bits per heavy atom. The third kappa shape index (κ3) is 2.77. The van der Waals surface area contributed by atoms with Crippen molar-refractivity contribution in [2.24, 2.45) is 0 Å². The maximum absolute atomic E-state index is 5.60. The van der Waals surface area contributed by atoms with Gasteiger partial charge in [-0.3, -0.25) is 0 Å². The van der Waals surface area contributed by atoms with Crippen LogP contribution in [0.15, 0.2) is 41.1 Å². The van der Waals surface area contributed by atoms with Crippen LogP contribution in [0, 0.1) is 0 Å². The van der Waals surface area contributed by atoms with Crippen LogP contribution in [-0.2, 0) is 0 Å². The molecular formula is C17H13NO2S2. The number of nitrogens with zero attached hydrogens (tertiary/aromatic N) is 1. The summed E-state index contributed by atoms with van der Waals surface area (Å²) in [4.78, 5) is 5.85. The Kier molecular flexibility index (Phi) is 3.66. The second kappa shape index (κ2) is 5.94. The summed E-state index contributed by atoms with van der Waals surface area (Å²) in [6.07, 6.45) is 4.09. The molecule has 2 aromatic heterocycles. The highest BCUT2D eigenvalue weighted by atomic mass is 32.1. The van der Waals surface area contributed by atoms with Gasteiger partial charge < -0.3 is 9.47 Å². The van der Waals surface area contributed by atoms with Gasteiger partial charge in [0.2, 0.25) is 0 Å². The topological polar surface area (TPSA) is 31.4 Å². The lowest BCUT2D eigenvalue weighted by Crippen LogP contribution is -2.15. The first-order valence-electron chi connectivity index (χ1n) is 6.96. The Hall–Kier alpha value is -2.11. The zero-order valence-electron chi connectivity index (χ0n) is 11.7. The summed E-state index contributed by atoms with van der Waals surface area (Å²) in [6, 6.07) is 10.1. The predicted molar refractivity (Wildman–Crippen MR) is 91.8 cm³/mol. The standard InChI is InChI=1S/C17H13NO2S2/c1-2-16(21-9-1)13-11-22-17(18-13)6-4-12-3-5-14-15(10-12)20-8-7-19-14/h1-6,9-11H,7-8H2/b6-4+. The first-order valence-corrected chi connectivity index (χ1v) is 8.71. The number of thiophene rings is 1. The van der Waals surface area contributed by atoms with Crippen molar-refractivity contribution in [1.82, 2.24) is 4.98 Å². The van der Waals surface area contributed by atoms with E-state index >= 15 is 0 Å². The fourth-order valence-corrected chi connectivity index (χ4v) is 3.70. The van der Waals surface area contributed by atoms with Gasteiger partial charge in [0, 0.05) is 5.38 Å². The Balaban J connectivity index is 1.54. The van der Waals surface area contributed by atoms with E-state index in [2.05, 4.69) is 27.9 Å². The third-order valence-corrected chi connectivity index (χ3v) is 4.98. The van der Waals surface area contributed by atoms with Gasteiger partial charge in [0.05, 0.1) is 10.6 Å². The predicted octanol–water partition coefficient (Wildman–Crippen LogP) is 4.81. The van der Waals surface area contributed by atoms with Crippen molar-refractivity contribution < 1.29 is 9.47 Å². The molecule has 22 heavy (non-hydrogen) atoms. The van der Waals surface area contributed by atoms with E-state index in [1.54, 1.807) is 22.7 Å². The fraction of sp³-hybridized carbons (Fsp3) is 0.118. The summed E-state index contributed by atoms with van der Waals surface area (Å²) < 4.78 is 11.1. The highest BCUT2D eigenvalue weighted by Crippen LogP contribution is 2.31. The molecule has 0 atom stereocenters. The Labute approximate surface area is 136 Å². The lowest BCUT2D eigenvalue weighted by Gasteiger charge is -2.18. The highest BCUT2D eigenvalue weighted by molar-refractivity contribution is 7.14. The van der Waals surface area contributed by atoms with E-state index in [4.69, 9.17) is 9.47 Å². The summed E-state index contributed by atoms with van der Waals surface area (Å²) in [5.74, 6) is 1.63. The number of aromatic nitrogens is 1. The molecule has 1 aliphatic rings. The summed E-state index contributed by atoms with van der Waals surface area (Å²) in [5.41, 5.74) is 2.12. The zero-order chi connectivity index (χ0) is 14.8. The van der Waals surface area contributed by atoms with Crippen molar-refractivity contribution in [3.63, 3.8) is 0 Å². The normalized spacial score (nSPS) is 13.6. The number of ether oxygens (including phenoxy) is 2. The van der Waals surface area contributed by atoms with Crippen molar-refractivity contribution in [1.29, 1.82) is 0 Å². The summed E-state index contributed by atoms with van der Waals surface area (Å²) >= 11 is 3.36. The molecule has 3 aromatic rings. The minimum atomic E-state index is 0.608. The average Bonchev–Trinajstić information content (AvgIpc) is 3.24. The van der Waals surface area contributed by atoms with Gasteiger partial charge in [-0.15, -0.1) is 22.7 Å². The number of hydrogen-bond donors (Lipinski definition) is 0. The molecule has 0 spiro atoms. The number of benzene rings is 1. The highest BCUT2D eigenvalue weighted by Gasteiger charge is 2.10. The molecule has 0 saturated heterocycles. The van der Waals surface area contributed by atoms with Crippen molar-refractivity contribution in [3.8, 4) is 22.1 Å². The van der Waals surface area contributed by atoms with Gasteiger partial charge in [-0.2, -0.15) is 0 Å². The molecule has 0 N–H and O–H groups in total. The molecule has 0 aliphatic carbocycles. The third-order valence-electron chi connectivity index (χ3n) is 3.28. The van der Waals surface area contributed by atoms with Crippen molar-refractivity contribution in [2.75, 3.05) is 13.2 Å². The van der Waals surface area contributed by atoms with Gasteiger partial charge >= 0.3 is 0 Å². The molecule has 110 valence electrons. The van der Waals surface area contributed by atoms with E-state index < -0.39 is 0 Å².